The summed E-state index contributed by atoms with van der Waals surface area (Å²) < 4.78 is 76.9. The van der Waals surface area contributed by atoms with Crippen LogP contribution >= 0.6 is 0 Å². The van der Waals surface area contributed by atoms with Gasteiger partial charge in [0, 0.05) is 17.8 Å². The lowest BCUT2D eigenvalue weighted by atomic mass is 10.1. The molecule has 1 aliphatic carbocycles. The molecule has 0 atom stereocenters. The maximum Gasteiger partial charge on any atom is 0.416 e. The third-order valence-electron chi connectivity index (χ3n) is 3.44. The first-order valence-corrected chi connectivity index (χ1v) is 8.25. The molecule has 0 aromatic heterocycles. The van der Waals surface area contributed by atoms with E-state index < -0.39 is 42.5 Å². The number of nitrogens with zero attached hydrogens (tertiary/aromatic N) is 2. The van der Waals surface area contributed by atoms with E-state index in [0.717, 1.165) is 23.3 Å². The molecule has 11 heteroatoms. The molecule has 2 aliphatic rings. The minimum Gasteiger partial charge on any atom is -0.382 e. The molecule has 1 heterocycles. The molecule has 0 radical (unpaired) electrons. The van der Waals surface area contributed by atoms with Crippen LogP contribution < -0.4 is 11.2 Å². The van der Waals surface area contributed by atoms with Gasteiger partial charge in [-0.2, -0.15) is 18.3 Å². The number of allylic oxidation sites excluding steroid dienone is 5. The van der Waals surface area contributed by atoms with Gasteiger partial charge in [0.25, 0.3) is 5.92 Å². The molecule has 1 fully saturated rings. The number of nitrogens with one attached hydrogen (secondary N) is 1. The average Bonchev–Trinajstić information content (AvgIpc) is 2.79. The molecule has 0 aromatic rings. The fourth-order valence-electron chi connectivity index (χ4n) is 2.11. The van der Waals surface area contributed by atoms with Crippen molar-refractivity contribution in [3.63, 3.8) is 0 Å². The van der Waals surface area contributed by atoms with Crippen LogP contribution in [0.25, 0.3) is 0 Å². The lowest BCUT2D eigenvalue weighted by Crippen LogP contribution is -2.58. The topological polar surface area (TPSA) is 70.7 Å². The summed E-state index contributed by atoms with van der Waals surface area (Å²) in [5.41, 5.74) is 6.47. The second-order valence-corrected chi connectivity index (χ2v) is 5.57. The highest BCUT2D eigenvalue weighted by atomic mass is 19.4. The van der Waals surface area contributed by atoms with Crippen LogP contribution in [0.1, 0.15) is 20.3 Å². The molecule has 28 heavy (non-hydrogen) atoms. The normalized spacial score (nSPS) is 19.5. The van der Waals surface area contributed by atoms with Crippen LogP contribution in [-0.2, 0) is 4.79 Å². The first-order valence-electron chi connectivity index (χ1n) is 8.25. The lowest BCUT2D eigenvalue weighted by molar-refractivity contribution is -0.160. The zero-order valence-corrected chi connectivity index (χ0v) is 15.2. The summed E-state index contributed by atoms with van der Waals surface area (Å²) in [6.07, 6.45) is -1.13. The summed E-state index contributed by atoms with van der Waals surface area (Å²) in [5, 5.41) is 3.56. The van der Waals surface area contributed by atoms with Crippen LogP contribution in [0.15, 0.2) is 52.6 Å². The van der Waals surface area contributed by atoms with Crippen LogP contribution in [-0.4, -0.2) is 41.8 Å². The van der Waals surface area contributed by atoms with Crippen molar-refractivity contribution < 1.29 is 31.1 Å². The number of amides is 1. The molecular weight excluding hydrogens is 390 g/mol. The molecule has 3 N–H and O–H groups in total. The van der Waals surface area contributed by atoms with Crippen LogP contribution in [0.2, 0.25) is 0 Å². The Morgan fingerprint density at radius 3 is 2.43 bits per heavy atom. The Hall–Kier alpha value is -2.72. The van der Waals surface area contributed by atoms with Crippen molar-refractivity contribution in [3.8, 4) is 0 Å². The summed E-state index contributed by atoms with van der Waals surface area (Å²) in [5.74, 6) is -4.98. The smallest absolute Gasteiger partial charge is 0.382 e. The zero-order chi connectivity index (χ0) is 21.5. The number of hydrazone groups is 1. The van der Waals surface area contributed by atoms with Gasteiger partial charge in [-0.15, -0.1) is 0 Å². The van der Waals surface area contributed by atoms with Gasteiger partial charge in [0.15, 0.2) is 0 Å². The number of alkyl halides is 5. The number of carbonyl (C=O) groups excluding carboxylic acids is 1. The lowest BCUT2D eigenvalue weighted by Gasteiger charge is -2.37. The van der Waals surface area contributed by atoms with E-state index in [4.69, 9.17) is 5.73 Å². The predicted octanol–water partition coefficient (Wildman–Crippen LogP) is 3.54. The van der Waals surface area contributed by atoms with Gasteiger partial charge in [0.05, 0.1) is 18.7 Å². The first kappa shape index (κ1) is 23.3. The number of amidine groups is 1. The standard InChI is InChI=1S/C15H14F6N4O.C2H6/c16-11-2-1-9(5-10(6-11)15(19,20)21)13(22)24-23-4-3-12(26)25-7-14(17,18)8-25;1-2/h2-6,23H,1,7-8H2,(H2,22,24);1-2H3/b4-3-;. The molecule has 0 spiro atoms. The Morgan fingerprint density at radius 1 is 1.29 bits per heavy atom. The number of hydrogen-bond donors (Lipinski definition) is 2. The van der Waals surface area contributed by atoms with Crippen molar-refractivity contribution in [2.75, 3.05) is 13.1 Å². The Morgan fingerprint density at radius 2 is 1.89 bits per heavy atom. The molecule has 0 unspecified atom stereocenters. The van der Waals surface area contributed by atoms with Gasteiger partial charge in [0.2, 0.25) is 5.91 Å². The van der Waals surface area contributed by atoms with Crippen LogP contribution in [0.3, 0.4) is 0 Å². The highest BCUT2D eigenvalue weighted by Crippen LogP contribution is 2.31. The number of hydrogen-bond acceptors (Lipinski definition) is 3. The summed E-state index contributed by atoms with van der Waals surface area (Å²) >= 11 is 0. The van der Waals surface area contributed by atoms with E-state index >= 15 is 0 Å². The second kappa shape index (κ2) is 9.47. The van der Waals surface area contributed by atoms with Crippen molar-refractivity contribution in [3.05, 3.63) is 47.5 Å². The summed E-state index contributed by atoms with van der Waals surface area (Å²) in [4.78, 5) is 12.4. The first-order chi connectivity index (χ1) is 13.0. The third-order valence-corrected chi connectivity index (χ3v) is 3.44. The molecule has 0 aromatic carbocycles. The Balaban J connectivity index is 0.00000190. The van der Waals surface area contributed by atoms with Crippen molar-refractivity contribution >= 4 is 11.7 Å². The van der Waals surface area contributed by atoms with Crippen LogP contribution in [0.5, 0.6) is 0 Å². The Kier molecular flexibility index (Phi) is 7.89. The highest BCUT2D eigenvalue weighted by Gasteiger charge is 2.45. The average molecular weight is 410 g/mol. The maximum atomic E-state index is 13.3. The van der Waals surface area contributed by atoms with Gasteiger partial charge < -0.3 is 10.6 Å². The minimum absolute atomic E-state index is 0.0872. The van der Waals surface area contributed by atoms with Crippen LogP contribution in [0.4, 0.5) is 26.3 Å². The summed E-state index contributed by atoms with van der Waals surface area (Å²) in [6, 6.07) is 0. The van der Waals surface area contributed by atoms with Crippen molar-refractivity contribution in [1.29, 1.82) is 0 Å². The molecular formula is C17H20F6N4O. The Labute approximate surface area is 157 Å². The van der Waals surface area contributed by atoms with Gasteiger partial charge in [-0.1, -0.05) is 13.8 Å². The van der Waals surface area contributed by atoms with Gasteiger partial charge >= 0.3 is 6.18 Å². The molecule has 5 nitrogen and oxygen atoms in total. The second-order valence-electron chi connectivity index (χ2n) is 5.57. The van der Waals surface area contributed by atoms with Gasteiger partial charge in [0.1, 0.15) is 11.7 Å². The van der Waals surface area contributed by atoms with E-state index in [1.54, 1.807) is 0 Å². The van der Waals surface area contributed by atoms with Crippen molar-refractivity contribution in [2.45, 2.75) is 32.4 Å². The molecule has 1 saturated heterocycles. The number of halogens is 6. The summed E-state index contributed by atoms with van der Waals surface area (Å²) in [6.45, 7) is 2.64. The quantitative estimate of drug-likeness (QED) is 0.245. The highest BCUT2D eigenvalue weighted by molar-refractivity contribution is 5.97. The molecule has 156 valence electrons. The van der Waals surface area contributed by atoms with Gasteiger partial charge in [-0.3, -0.25) is 10.2 Å². The fourth-order valence-corrected chi connectivity index (χ4v) is 2.11. The van der Waals surface area contributed by atoms with Crippen molar-refractivity contribution in [2.24, 2.45) is 10.8 Å². The van der Waals surface area contributed by atoms with Gasteiger partial charge in [-0.05, 0) is 24.6 Å². The number of nitrogens with two attached hydrogens (primary N) is 1. The molecule has 1 aliphatic heterocycles. The summed E-state index contributed by atoms with van der Waals surface area (Å²) in [7, 11) is 0. The molecule has 1 amide bonds. The van der Waals surface area contributed by atoms with E-state index in [1.165, 1.54) is 0 Å². The molecule has 0 bridgehead atoms. The van der Waals surface area contributed by atoms with E-state index in [-0.39, 0.29) is 17.8 Å². The van der Waals surface area contributed by atoms with E-state index in [2.05, 4.69) is 10.5 Å². The molecule has 2 rings (SSSR count). The SMILES string of the molecule is CC.N/C(=N\N/C=C\C(=O)N1CC(F)(F)C1)C1=CC(C(F)(F)F)=CC(F)=CC1. The van der Waals surface area contributed by atoms with E-state index in [1.807, 2.05) is 13.8 Å². The largest absolute Gasteiger partial charge is 0.416 e. The predicted molar refractivity (Wildman–Crippen MR) is 92.8 cm³/mol. The molecule has 0 saturated carbocycles. The van der Waals surface area contributed by atoms with Crippen LogP contribution in [0, 0.1) is 0 Å². The zero-order valence-electron chi connectivity index (χ0n) is 15.2. The van der Waals surface area contributed by atoms with E-state index in [0.29, 0.717) is 12.2 Å². The maximum absolute atomic E-state index is 13.3. The Bertz CT molecular complexity index is 726. The third kappa shape index (κ3) is 6.78. The van der Waals surface area contributed by atoms with Crippen molar-refractivity contribution in [1.82, 2.24) is 10.3 Å². The minimum atomic E-state index is -4.76. The fraction of sp³-hybridized carbons (Fsp3) is 0.412. The number of rotatable bonds is 4. The number of carbonyl (C=O) groups is 1. The van der Waals surface area contributed by atoms with Gasteiger partial charge in [-0.25, -0.2) is 13.2 Å². The number of likely N-dealkylation sites (tertiary alicyclic amines) is 1. The van der Waals surface area contributed by atoms with E-state index in [9.17, 15) is 31.1 Å². The monoisotopic (exact) mass is 410 g/mol.